The van der Waals surface area contributed by atoms with E-state index in [2.05, 4.69) is 59.8 Å². The van der Waals surface area contributed by atoms with Crippen molar-refractivity contribution >= 4 is 21.6 Å². The lowest BCUT2D eigenvalue weighted by atomic mass is 10.1. The van der Waals surface area contributed by atoms with Crippen molar-refractivity contribution in [3.05, 3.63) is 28.2 Å². The van der Waals surface area contributed by atoms with Crippen molar-refractivity contribution in [2.24, 2.45) is 5.73 Å². The van der Waals surface area contributed by atoms with Gasteiger partial charge in [0, 0.05) is 28.8 Å². The molecule has 0 bridgehead atoms. The molecule has 1 aromatic carbocycles. The Balaban J connectivity index is 3.04. The molecule has 0 aliphatic heterocycles. The predicted octanol–water partition coefficient (Wildman–Crippen LogP) is 3.70. The first kappa shape index (κ1) is 13.5. The molecule has 90 valence electrons. The van der Waals surface area contributed by atoms with Gasteiger partial charge in [-0.2, -0.15) is 0 Å². The molecular weight excluding hydrogens is 264 g/mol. The second-order valence-electron chi connectivity index (χ2n) is 4.37. The number of nitrogens with two attached hydrogens (primary N) is 1. The first-order valence-corrected chi connectivity index (χ1v) is 6.58. The van der Waals surface area contributed by atoms with E-state index in [1.807, 2.05) is 6.92 Å². The molecule has 0 spiro atoms. The third-order valence-corrected chi connectivity index (χ3v) is 3.46. The van der Waals surface area contributed by atoms with Crippen molar-refractivity contribution in [2.45, 2.75) is 39.8 Å². The highest BCUT2D eigenvalue weighted by molar-refractivity contribution is 9.10. The maximum Gasteiger partial charge on any atom is 0.0379 e. The Labute approximate surface area is 107 Å². The molecule has 16 heavy (non-hydrogen) atoms. The molecule has 1 aromatic rings. The zero-order chi connectivity index (χ0) is 12.3. The second-order valence-corrected chi connectivity index (χ2v) is 5.23. The predicted molar refractivity (Wildman–Crippen MR) is 74.9 cm³/mol. The van der Waals surface area contributed by atoms with Gasteiger partial charge in [-0.1, -0.05) is 22.0 Å². The molecule has 0 amide bonds. The summed E-state index contributed by atoms with van der Waals surface area (Å²) < 4.78 is 1.10. The minimum atomic E-state index is 0.0672. The third kappa shape index (κ3) is 2.98. The lowest BCUT2D eigenvalue weighted by Gasteiger charge is -2.28. The summed E-state index contributed by atoms with van der Waals surface area (Å²) in [6.45, 7) is 9.60. The Hall–Kier alpha value is -0.540. The van der Waals surface area contributed by atoms with Gasteiger partial charge >= 0.3 is 0 Å². The average molecular weight is 285 g/mol. The molecule has 0 aliphatic rings. The summed E-state index contributed by atoms with van der Waals surface area (Å²) in [7, 11) is 0. The molecule has 0 aliphatic carbocycles. The average Bonchev–Trinajstić information content (AvgIpc) is 2.17. The standard InChI is InChI=1S/C13H21BrN2/c1-5-16(9(2)3)11-6-7-12(10(4)15)13(14)8-11/h6-10H,5,15H2,1-4H3/t10-/m0/s1. The Morgan fingerprint density at radius 2 is 1.94 bits per heavy atom. The van der Waals surface area contributed by atoms with Crippen LogP contribution in [0.25, 0.3) is 0 Å². The summed E-state index contributed by atoms with van der Waals surface area (Å²) in [4.78, 5) is 2.36. The topological polar surface area (TPSA) is 29.3 Å². The quantitative estimate of drug-likeness (QED) is 0.914. The van der Waals surface area contributed by atoms with Crippen LogP contribution in [0.15, 0.2) is 22.7 Å². The summed E-state index contributed by atoms with van der Waals surface area (Å²) in [5, 5.41) is 0. The largest absolute Gasteiger partial charge is 0.369 e. The van der Waals surface area contributed by atoms with Crippen LogP contribution in [0.5, 0.6) is 0 Å². The SMILES string of the molecule is CCN(c1ccc([C@H](C)N)c(Br)c1)C(C)C. The van der Waals surface area contributed by atoms with Crippen molar-refractivity contribution in [3.63, 3.8) is 0 Å². The molecule has 0 saturated heterocycles. The molecule has 2 nitrogen and oxygen atoms in total. The van der Waals surface area contributed by atoms with Crippen LogP contribution in [0.3, 0.4) is 0 Å². The van der Waals surface area contributed by atoms with E-state index >= 15 is 0 Å². The summed E-state index contributed by atoms with van der Waals surface area (Å²) in [5.41, 5.74) is 8.29. The van der Waals surface area contributed by atoms with E-state index < -0.39 is 0 Å². The number of halogens is 1. The Bertz CT molecular complexity index is 348. The van der Waals surface area contributed by atoms with Gasteiger partial charge in [0.2, 0.25) is 0 Å². The molecule has 1 atom stereocenters. The van der Waals surface area contributed by atoms with Crippen LogP contribution < -0.4 is 10.6 Å². The lowest BCUT2D eigenvalue weighted by Crippen LogP contribution is -2.30. The van der Waals surface area contributed by atoms with E-state index in [1.54, 1.807) is 0 Å². The van der Waals surface area contributed by atoms with Crippen LogP contribution in [0.1, 0.15) is 39.3 Å². The first-order valence-electron chi connectivity index (χ1n) is 5.79. The van der Waals surface area contributed by atoms with E-state index in [-0.39, 0.29) is 6.04 Å². The van der Waals surface area contributed by atoms with Crippen molar-refractivity contribution in [2.75, 3.05) is 11.4 Å². The van der Waals surface area contributed by atoms with Gasteiger partial charge in [0.25, 0.3) is 0 Å². The van der Waals surface area contributed by atoms with E-state index in [0.29, 0.717) is 6.04 Å². The highest BCUT2D eigenvalue weighted by Gasteiger charge is 2.11. The smallest absolute Gasteiger partial charge is 0.0379 e. The summed E-state index contributed by atoms with van der Waals surface area (Å²) in [6, 6.07) is 6.99. The zero-order valence-electron chi connectivity index (χ0n) is 10.5. The van der Waals surface area contributed by atoms with E-state index in [4.69, 9.17) is 5.73 Å². The van der Waals surface area contributed by atoms with Crippen molar-refractivity contribution < 1.29 is 0 Å². The fourth-order valence-electron chi connectivity index (χ4n) is 1.91. The van der Waals surface area contributed by atoms with Gasteiger partial charge < -0.3 is 10.6 Å². The number of hydrogen-bond donors (Lipinski definition) is 1. The Morgan fingerprint density at radius 1 is 1.31 bits per heavy atom. The molecule has 0 radical (unpaired) electrons. The Kier molecular flexibility index (Phi) is 4.81. The van der Waals surface area contributed by atoms with Crippen LogP contribution in [-0.2, 0) is 0 Å². The zero-order valence-corrected chi connectivity index (χ0v) is 12.1. The molecule has 1 rings (SSSR count). The highest BCUT2D eigenvalue weighted by Crippen LogP contribution is 2.28. The number of anilines is 1. The summed E-state index contributed by atoms with van der Waals surface area (Å²) in [5.74, 6) is 0. The number of nitrogens with zero attached hydrogens (tertiary/aromatic N) is 1. The lowest BCUT2D eigenvalue weighted by molar-refractivity contribution is 0.703. The van der Waals surface area contributed by atoms with Crippen LogP contribution >= 0.6 is 15.9 Å². The minimum absolute atomic E-state index is 0.0672. The van der Waals surface area contributed by atoms with Gasteiger partial charge in [0.15, 0.2) is 0 Å². The monoisotopic (exact) mass is 284 g/mol. The Morgan fingerprint density at radius 3 is 2.31 bits per heavy atom. The van der Waals surface area contributed by atoms with Crippen molar-refractivity contribution in [1.82, 2.24) is 0 Å². The summed E-state index contributed by atoms with van der Waals surface area (Å²) >= 11 is 3.59. The highest BCUT2D eigenvalue weighted by atomic mass is 79.9. The van der Waals surface area contributed by atoms with Crippen LogP contribution in [0, 0.1) is 0 Å². The van der Waals surface area contributed by atoms with E-state index in [1.165, 1.54) is 5.69 Å². The number of benzene rings is 1. The fourth-order valence-corrected chi connectivity index (χ4v) is 2.64. The molecule has 0 aromatic heterocycles. The van der Waals surface area contributed by atoms with Gasteiger partial charge in [-0.15, -0.1) is 0 Å². The number of hydrogen-bond acceptors (Lipinski definition) is 2. The van der Waals surface area contributed by atoms with E-state index in [0.717, 1.165) is 16.6 Å². The fraction of sp³-hybridized carbons (Fsp3) is 0.538. The van der Waals surface area contributed by atoms with Gasteiger partial charge in [0.1, 0.15) is 0 Å². The molecular formula is C13H21BrN2. The van der Waals surface area contributed by atoms with Gasteiger partial charge in [-0.05, 0) is 45.4 Å². The molecule has 0 fully saturated rings. The van der Waals surface area contributed by atoms with Crippen LogP contribution in [-0.4, -0.2) is 12.6 Å². The van der Waals surface area contributed by atoms with Crippen molar-refractivity contribution in [3.8, 4) is 0 Å². The van der Waals surface area contributed by atoms with E-state index in [9.17, 15) is 0 Å². The molecule has 0 heterocycles. The van der Waals surface area contributed by atoms with Gasteiger partial charge in [0.05, 0.1) is 0 Å². The van der Waals surface area contributed by atoms with Crippen molar-refractivity contribution in [1.29, 1.82) is 0 Å². The number of rotatable bonds is 4. The summed E-state index contributed by atoms with van der Waals surface area (Å²) in [6.07, 6.45) is 0. The van der Waals surface area contributed by atoms with Gasteiger partial charge in [-0.3, -0.25) is 0 Å². The molecule has 3 heteroatoms. The molecule has 0 unspecified atom stereocenters. The second kappa shape index (κ2) is 5.69. The van der Waals surface area contributed by atoms with Crippen LogP contribution in [0.4, 0.5) is 5.69 Å². The maximum absolute atomic E-state index is 5.89. The maximum atomic E-state index is 5.89. The molecule has 0 saturated carbocycles. The normalized spacial score (nSPS) is 12.9. The third-order valence-electron chi connectivity index (χ3n) is 2.77. The molecule has 2 N–H and O–H groups in total. The van der Waals surface area contributed by atoms with Gasteiger partial charge in [-0.25, -0.2) is 0 Å². The minimum Gasteiger partial charge on any atom is -0.369 e. The van der Waals surface area contributed by atoms with Crippen LogP contribution in [0.2, 0.25) is 0 Å². The first-order chi connectivity index (χ1) is 7.47.